The Bertz CT molecular complexity index is 253. The Morgan fingerprint density at radius 3 is 3.00 bits per heavy atom. The van der Waals surface area contributed by atoms with Crippen LogP contribution in [0.25, 0.3) is 0 Å². The Morgan fingerprint density at radius 2 is 2.40 bits per heavy atom. The quantitative estimate of drug-likeness (QED) is 0.687. The van der Waals surface area contributed by atoms with Crippen molar-refractivity contribution < 1.29 is 4.74 Å². The van der Waals surface area contributed by atoms with Gasteiger partial charge in [0, 0.05) is 25.1 Å². The van der Waals surface area contributed by atoms with Crippen LogP contribution in [0.5, 0.6) is 0 Å². The van der Waals surface area contributed by atoms with E-state index in [4.69, 9.17) is 16.3 Å². The maximum Gasteiger partial charge on any atom is 0.0696 e. The van der Waals surface area contributed by atoms with Crippen molar-refractivity contribution in [2.24, 2.45) is 0 Å². The van der Waals surface area contributed by atoms with Gasteiger partial charge >= 0.3 is 0 Å². The van der Waals surface area contributed by atoms with Crippen LogP contribution < -0.4 is 0 Å². The zero-order valence-corrected chi connectivity index (χ0v) is 10.9. The second-order valence-corrected chi connectivity index (χ2v) is 5.29. The maximum atomic E-state index is 6.07. The lowest BCUT2D eigenvalue weighted by molar-refractivity contribution is 0.183. The molecule has 0 bridgehead atoms. The zero-order valence-electron chi connectivity index (χ0n) is 9.28. The Kier molecular flexibility index (Phi) is 6.25. The van der Waals surface area contributed by atoms with E-state index in [9.17, 15) is 0 Å². The average molecular weight is 248 g/mol. The summed E-state index contributed by atoms with van der Waals surface area (Å²) in [6, 6.07) is 4.26. The lowest BCUT2D eigenvalue weighted by Gasteiger charge is -2.19. The summed E-state index contributed by atoms with van der Waals surface area (Å²) in [6.45, 7) is 2.54. The molecule has 0 aromatic carbocycles. The van der Waals surface area contributed by atoms with Crippen LogP contribution in [0.15, 0.2) is 17.5 Å². The van der Waals surface area contributed by atoms with Crippen LogP contribution in [-0.2, 0) is 11.2 Å². The molecule has 0 aliphatic carbocycles. The normalized spacial score (nSPS) is 13.3. The molecule has 0 radical (unpaired) electrons. The van der Waals surface area contributed by atoms with E-state index in [0.29, 0.717) is 6.61 Å². The minimum atomic E-state index is 0.0864. The Labute approximate surface area is 101 Å². The minimum absolute atomic E-state index is 0.0864. The van der Waals surface area contributed by atoms with Crippen LogP contribution in [0.4, 0.5) is 0 Å². The second-order valence-electron chi connectivity index (χ2n) is 3.64. The van der Waals surface area contributed by atoms with E-state index >= 15 is 0 Å². The molecule has 0 fully saturated rings. The van der Waals surface area contributed by atoms with Crippen LogP contribution in [-0.4, -0.2) is 44.1 Å². The van der Waals surface area contributed by atoms with E-state index in [1.165, 1.54) is 4.88 Å². The molecule has 1 heterocycles. The van der Waals surface area contributed by atoms with Gasteiger partial charge < -0.3 is 9.64 Å². The first-order chi connectivity index (χ1) is 7.22. The van der Waals surface area contributed by atoms with Gasteiger partial charge in [0.1, 0.15) is 0 Å². The molecule has 2 nitrogen and oxygen atoms in total. The molecular weight excluding hydrogens is 230 g/mol. The minimum Gasteiger partial charge on any atom is -0.383 e. The highest BCUT2D eigenvalue weighted by atomic mass is 35.5. The molecule has 0 amide bonds. The van der Waals surface area contributed by atoms with Gasteiger partial charge in [0.05, 0.1) is 12.0 Å². The highest BCUT2D eigenvalue weighted by molar-refractivity contribution is 7.09. The van der Waals surface area contributed by atoms with Gasteiger partial charge in [-0.1, -0.05) is 6.07 Å². The lowest BCUT2D eigenvalue weighted by Crippen LogP contribution is -2.30. The Hall–Kier alpha value is -0.0900. The number of alkyl halides is 1. The fourth-order valence-electron chi connectivity index (χ4n) is 1.42. The predicted molar refractivity (Wildman–Crippen MR) is 67.0 cm³/mol. The van der Waals surface area contributed by atoms with Gasteiger partial charge in [0.2, 0.25) is 0 Å². The van der Waals surface area contributed by atoms with Crippen molar-refractivity contribution in [1.82, 2.24) is 4.90 Å². The van der Waals surface area contributed by atoms with E-state index in [-0.39, 0.29) is 5.38 Å². The summed E-state index contributed by atoms with van der Waals surface area (Å²) >= 11 is 7.88. The van der Waals surface area contributed by atoms with E-state index in [1.54, 1.807) is 7.11 Å². The molecular formula is C11H18ClNOS. The summed E-state index contributed by atoms with van der Waals surface area (Å²) in [4.78, 5) is 3.68. The number of hydrogen-bond acceptors (Lipinski definition) is 3. The third-order valence-electron chi connectivity index (χ3n) is 2.18. The second kappa shape index (κ2) is 7.23. The fraction of sp³-hybridized carbons (Fsp3) is 0.636. The van der Waals surface area contributed by atoms with E-state index in [2.05, 4.69) is 29.5 Å². The van der Waals surface area contributed by atoms with Crippen molar-refractivity contribution in [2.45, 2.75) is 11.8 Å². The van der Waals surface area contributed by atoms with Crippen LogP contribution >= 0.6 is 22.9 Å². The SMILES string of the molecule is COCC(Cl)CN(C)CCc1cccs1. The summed E-state index contributed by atoms with van der Waals surface area (Å²) in [5.41, 5.74) is 0. The summed E-state index contributed by atoms with van der Waals surface area (Å²) < 4.78 is 5.00. The van der Waals surface area contributed by atoms with Crippen LogP contribution in [0.1, 0.15) is 4.88 Å². The predicted octanol–water partition coefficient (Wildman–Crippen LogP) is 2.48. The molecule has 86 valence electrons. The van der Waals surface area contributed by atoms with Crippen LogP contribution in [0.3, 0.4) is 0 Å². The smallest absolute Gasteiger partial charge is 0.0696 e. The van der Waals surface area contributed by atoms with Crippen molar-refractivity contribution >= 4 is 22.9 Å². The topological polar surface area (TPSA) is 12.5 Å². The number of rotatable bonds is 7. The first kappa shape index (κ1) is 13.0. The number of halogens is 1. The molecule has 1 rings (SSSR count). The molecule has 0 saturated carbocycles. The Balaban J connectivity index is 2.15. The average Bonchev–Trinajstić information content (AvgIpc) is 2.67. The molecule has 0 aliphatic heterocycles. The first-order valence-electron chi connectivity index (χ1n) is 5.06. The van der Waals surface area contributed by atoms with Gasteiger partial charge in [0.25, 0.3) is 0 Å². The van der Waals surface area contributed by atoms with Crippen LogP contribution in [0, 0.1) is 0 Å². The molecule has 1 unspecified atom stereocenters. The monoisotopic (exact) mass is 247 g/mol. The number of ether oxygens (including phenoxy) is 1. The van der Waals surface area contributed by atoms with Crippen molar-refractivity contribution in [3.05, 3.63) is 22.4 Å². The van der Waals surface area contributed by atoms with Gasteiger partial charge in [-0.15, -0.1) is 22.9 Å². The maximum absolute atomic E-state index is 6.07. The van der Waals surface area contributed by atoms with Gasteiger partial charge in [-0.25, -0.2) is 0 Å². The lowest BCUT2D eigenvalue weighted by atomic mass is 10.3. The van der Waals surface area contributed by atoms with Crippen molar-refractivity contribution in [3.63, 3.8) is 0 Å². The summed E-state index contributed by atoms with van der Waals surface area (Å²) in [6.07, 6.45) is 1.10. The molecule has 0 N–H and O–H groups in total. The molecule has 1 atom stereocenters. The van der Waals surface area contributed by atoms with Crippen LogP contribution in [0.2, 0.25) is 0 Å². The standard InChI is InChI=1S/C11H18ClNOS/c1-13(8-10(12)9-14-2)6-5-11-4-3-7-15-11/h3-4,7,10H,5-6,8-9H2,1-2H3. The number of thiophene rings is 1. The summed E-state index contributed by atoms with van der Waals surface area (Å²) in [5, 5.41) is 2.20. The molecule has 0 saturated heterocycles. The third kappa shape index (κ3) is 5.52. The summed E-state index contributed by atoms with van der Waals surface area (Å²) in [7, 11) is 3.78. The van der Waals surface area contributed by atoms with E-state index < -0.39 is 0 Å². The van der Waals surface area contributed by atoms with E-state index in [0.717, 1.165) is 19.5 Å². The molecule has 15 heavy (non-hydrogen) atoms. The molecule has 0 aliphatic rings. The van der Waals surface area contributed by atoms with Crippen molar-refractivity contribution in [1.29, 1.82) is 0 Å². The molecule has 1 aromatic rings. The highest BCUT2D eigenvalue weighted by Crippen LogP contribution is 2.09. The number of likely N-dealkylation sites (N-methyl/N-ethyl adjacent to an activating group) is 1. The molecule has 4 heteroatoms. The molecule has 1 aromatic heterocycles. The number of methoxy groups -OCH3 is 1. The fourth-order valence-corrected chi connectivity index (χ4v) is 2.48. The largest absolute Gasteiger partial charge is 0.383 e. The van der Waals surface area contributed by atoms with Gasteiger partial charge in [0.15, 0.2) is 0 Å². The number of hydrogen-bond donors (Lipinski definition) is 0. The molecule has 0 spiro atoms. The first-order valence-corrected chi connectivity index (χ1v) is 6.38. The summed E-state index contributed by atoms with van der Waals surface area (Å²) in [5.74, 6) is 0. The van der Waals surface area contributed by atoms with Gasteiger partial charge in [-0.05, 0) is 24.9 Å². The van der Waals surface area contributed by atoms with E-state index in [1.807, 2.05) is 11.3 Å². The van der Waals surface area contributed by atoms with Gasteiger partial charge in [-0.2, -0.15) is 0 Å². The highest BCUT2D eigenvalue weighted by Gasteiger charge is 2.08. The third-order valence-corrected chi connectivity index (χ3v) is 3.38. The van der Waals surface area contributed by atoms with Crippen molar-refractivity contribution in [3.8, 4) is 0 Å². The van der Waals surface area contributed by atoms with Gasteiger partial charge in [-0.3, -0.25) is 0 Å². The zero-order chi connectivity index (χ0) is 11.1. The number of nitrogens with zero attached hydrogens (tertiary/aromatic N) is 1. The van der Waals surface area contributed by atoms with Crippen molar-refractivity contribution in [2.75, 3.05) is 33.9 Å². The Morgan fingerprint density at radius 1 is 1.60 bits per heavy atom.